The third-order valence-electron chi connectivity index (χ3n) is 1.53. The molecule has 0 amide bonds. The van der Waals surface area contributed by atoms with Crippen LogP contribution in [-0.4, -0.2) is 7.11 Å². The summed E-state index contributed by atoms with van der Waals surface area (Å²) in [6, 6.07) is 7.35. The quantitative estimate of drug-likeness (QED) is 0.615. The summed E-state index contributed by atoms with van der Waals surface area (Å²) in [7, 11) is -0.428. The lowest BCUT2D eigenvalue weighted by Crippen LogP contribution is -1.88. The van der Waals surface area contributed by atoms with Crippen molar-refractivity contribution in [3.63, 3.8) is 0 Å². The SMILES string of the molecule is COc1cccc(CO[P+](=O)OI)c1. The molecule has 1 atom stereocenters. The van der Waals surface area contributed by atoms with Gasteiger partial charge in [0.2, 0.25) is 0 Å². The van der Waals surface area contributed by atoms with Crippen LogP contribution in [0.3, 0.4) is 0 Å². The molecule has 4 nitrogen and oxygen atoms in total. The fourth-order valence-corrected chi connectivity index (χ4v) is 1.54. The predicted octanol–water partition coefficient (Wildman–Crippen LogP) is 3.24. The first-order chi connectivity index (χ1) is 6.76. The molecule has 0 N–H and O–H groups in total. The first-order valence-electron chi connectivity index (χ1n) is 3.78. The van der Waals surface area contributed by atoms with Crippen molar-refractivity contribution >= 4 is 31.3 Å². The molecule has 0 radical (unpaired) electrons. The molecule has 0 saturated heterocycles. The molecule has 0 bridgehead atoms. The van der Waals surface area contributed by atoms with Crippen molar-refractivity contribution in [1.82, 2.24) is 0 Å². The molecule has 0 fully saturated rings. The Morgan fingerprint density at radius 3 is 2.93 bits per heavy atom. The van der Waals surface area contributed by atoms with Crippen LogP contribution in [0, 0.1) is 0 Å². The minimum absolute atomic E-state index is 0.245. The van der Waals surface area contributed by atoms with Crippen LogP contribution in [0.4, 0.5) is 0 Å². The summed E-state index contributed by atoms with van der Waals surface area (Å²) in [6.45, 7) is 0.245. The highest BCUT2D eigenvalue weighted by molar-refractivity contribution is 14.1. The fraction of sp³-hybridized carbons (Fsp3) is 0.250. The Bertz CT molecular complexity index is 318. The van der Waals surface area contributed by atoms with Crippen LogP contribution in [-0.2, 0) is 18.5 Å². The van der Waals surface area contributed by atoms with Crippen LogP contribution in [0.2, 0.25) is 0 Å². The van der Waals surface area contributed by atoms with Crippen LogP contribution >= 0.6 is 31.3 Å². The van der Waals surface area contributed by atoms with Gasteiger partial charge in [0.05, 0.1) is 7.11 Å². The molecule has 0 spiro atoms. The van der Waals surface area contributed by atoms with Gasteiger partial charge < -0.3 is 4.74 Å². The van der Waals surface area contributed by atoms with Gasteiger partial charge in [0, 0.05) is 4.57 Å². The number of ether oxygens (including phenoxy) is 1. The minimum Gasteiger partial charge on any atom is -0.497 e. The molecule has 0 aliphatic heterocycles. The van der Waals surface area contributed by atoms with E-state index in [1.807, 2.05) is 24.3 Å². The normalized spacial score (nSPS) is 11.1. The first kappa shape index (κ1) is 11.8. The Labute approximate surface area is 97.2 Å². The van der Waals surface area contributed by atoms with Crippen LogP contribution in [0.5, 0.6) is 5.75 Å². The van der Waals surface area contributed by atoms with E-state index in [0.717, 1.165) is 11.3 Å². The van der Waals surface area contributed by atoms with E-state index in [1.165, 1.54) is 23.0 Å². The smallest absolute Gasteiger partial charge is 0.497 e. The lowest BCUT2D eigenvalue weighted by molar-refractivity contribution is 0.289. The van der Waals surface area contributed by atoms with Gasteiger partial charge in [-0.3, -0.25) is 0 Å². The maximum absolute atomic E-state index is 10.8. The third-order valence-corrected chi connectivity index (χ3v) is 2.94. The second-order valence-electron chi connectivity index (χ2n) is 2.42. The van der Waals surface area contributed by atoms with Crippen molar-refractivity contribution in [2.24, 2.45) is 0 Å². The van der Waals surface area contributed by atoms with Crippen LogP contribution < -0.4 is 4.74 Å². The number of hydrogen-bond donors (Lipinski definition) is 0. The van der Waals surface area contributed by atoms with Gasteiger partial charge >= 0.3 is 8.25 Å². The van der Waals surface area contributed by atoms with E-state index < -0.39 is 8.25 Å². The molecule has 6 heteroatoms. The molecule has 0 saturated carbocycles. The minimum atomic E-state index is -2.02. The summed E-state index contributed by atoms with van der Waals surface area (Å²) in [5.41, 5.74) is 0.890. The highest BCUT2D eigenvalue weighted by atomic mass is 127. The summed E-state index contributed by atoms with van der Waals surface area (Å²) in [5, 5.41) is 0. The molecule has 0 aliphatic rings. The summed E-state index contributed by atoms with van der Waals surface area (Å²) < 4.78 is 25.2. The van der Waals surface area contributed by atoms with Crippen molar-refractivity contribution in [2.75, 3.05) is 7.11 Å². The van der Waals surface area contributed by atoms with Crippen molar-refractivity contribution < 1.29 is 16.7 Å². The van der Waals surface area contributed by atoms with Crippen molar-refractivity contribution in [1.29, 1.82) is 0 Å². The van der Waals surface area contributed by atoms with E-state index >= 15 is 0 Å². The topological polar surface area (TPSA) is 44.8 Å². The Balaban J connectivity index is 2.54. The van der Waals surface area contributed by atoms with Crippen molar-refractivity contribution in [3.8, 4) is 5.75 Å². The summed E-state index contributed by atoms with van der Waals surface area (Å²) in [6.07, 6.45) is 0. The summed E-state index contributed by atoms with van der Waals surface area (Å²) in [5.74, 6) is 0.747. The zero-order valence-electron chi connectivity index (χ0n) is 7.47. The highest BCUT2D eigenvalue weighted by Crippen LogP contribution is 2.28. The monoisotopic (exact) mass is 327 g/mol. The Kier molecular flexibility index (Phi) is 5.32. The van der Waals surface area contributed by atoms with E-state index in [1.54, 1.807) is 7.11 Å². The number of rotatable bonds is 5. The second-order valence-corrected chi connectivity index (χ2v) is 4.44. The highest BCUT2D eigenvalue weighted by Gasteiger charge is 2.18. The molecule has 0 aromatic heterocycles. The second kappa shape index (κ2) is 6.29. The van der Waals surface area contributed by atoms with Gasteiger partial charge in [-0.1, -0.05) is 12.1 Å². The van der Waals surface area contributed by atoms with E-state index in [9.17, 15) is 4.57 Å². The number of hydrogen-bond acceptors (Lipinski definition) is 4. The van der Waals surface area contributed by atoms with E-state index in [0.29, 0.717) is 0 Å². The average molecular weight is 327 g/mol. The molecule has 1 unspecified atom stereocenters. The fourth-order valence-electron chi connectivity index (χ4n) is 0.909. The molecular formula is C8H9IO4P+. The number of methoxy groups -OCH3 is 1. The predicted molar refractivity (Wildman–Crippen MR) is 60.5 cm³/mol. The van der Waals surface area contributed by atoms with Crippen LogP contribution in [0.1, 0.15) is 5.56 Å². The largest absolute Gasteiger partial charge is 0.708 e. The molecule has 0 heterocycles. The lowest BCUT2D eigenvalue weighted by Gasteiger charge is -2.00. The third kappa shape index (κ3) is 3.88. The maximum atomic E-state index is 10.8. The molecule has 1 rings (SSSR count). The van der Waals surface area contributed by atoms with Gasteiger partial charge in [-0.2, -0.15) is 0 Å². The van der Waals surface area contributed by atoms with Gasteiger partial charge in [-0.05, 0) is 20.5 Å². The Morgan fingerprint density at radius 2 is 2.29 bits per heavy atom. The van der Waals surface area contributed by atoms with E-state index in [2.05, 4.69) is 2.85 Å². The lowest BCUT2D eigenvalue weighted by atomic mass is 10.2. The van der Waals surface area contributed by atoms with Crippen molar-refractivity contribution in [3.05, 3.63) is 29.8 Å². The average Bonchev–Trinajstić information content (AvgIpc) is 2.26. The zero-order valence-corrected chi connectivity index (χ0v) is 10.5. The Morgan fingerprint density at radius 1 is 1.50 bits per heavy atom. The standard InChI is InChI=1S/C8H9IO4P/c1-11-8-4-2-3-7(5-8)6-12-14(10)13-9/h2-5H,6H2,1H3/q+1. The van der Waals surface area contributed by atoms with Gasteiger partial charge in [0.1, 0.15) is 12.4 Å². The van der Waals surface area contributed by atoms with Gasteiger partial charge in [0.15, 0.2) is 23.0 Å². The number of halogens is 1. The zero-order chi connectivity index (χ0) is 10.4. The molecule has 0 aliphatic carbocycles. The first-order valence-corrected chi connectivity index (χ1v) is 5.75. The maximum Gasteiger partial charge on any atom is 0.708 e. The molecule has 1 aromatic carbocycles. The van der Waals surface area contributed by atoms with Gasteiger partial charge in [-0.25, -0.2) is 0 Å². The Hall–Kier alpha value is -0.230. The molecule has 76 valence electrons. The summed E-state index contributed by atoms with van der Waals surface area (Å²) in [4.78, 5) is 0. The van der Waals surface area contributed by atoms with Gasteiger partial charge in [-0.15, -0.1) is 4.52 Å². The van der Waals surface area contributed by atoms with E-state index in [-0.39, 0.29) is 6.61 Å². The molecular weight excluding hydrogens is 318 g/mol. The number of benzene rings is 1. The van der Waals surface area contributed by atoms with Gasteiger partial charge in [0.25, 0.3) is 0 Å². The summed E-state index contributed by atoms with van der Waals surface area (Å²) >= 11 is 1.54. The van der Waals surface area contributed by atoms with Crippen LogP contribution in [0.15, 0.2) is 24.3 Å². The molecule has 1 aromatic rings. The van der Waals surface area contributed by atoms with Crippen molar-refractivity contribution in [2.45, 2.75) is 6.61 Å². The molecule has 14 heavy (non-hydrogen) atoms. The van der Waals surface area contributed by atoms with E-state index in [4.69, 9.17) is 9.26 Å². The van der Waals surface area contributed by atoms with Crippen LogP contribution in [0.25, 0.3) is 0 Å².